The first-order valence-electron chi connectivity index (χ1n) is 10.4. The van der Waals surface area contributed by atoms with Crippen molar-refractivity contribution in [2.45, 2.75) is 19.4 Å². The van der Waals surface area contributed by atoms with Crippen LogP contribution in [-0.4, -0.2) is 54.5 Å². The van der Waals surface area contributed by atoms with Gasteiger partial charge >= 0.3 is 7.12 Å². The van der Waals surface area contributed by atoms with Gasteiger partial charge in [-0.3, -0.25) is 4.79 Å². The van der Waals surface area contributed by atoms with Gasteiger partial charge in [0.25, 0.3) is 5.91 Å². The van der Waals surface area contributed by atoms with Crippen LogP contribution in [0.3, 0.4) is 0 Å². The molecule has 0 radical (unpaired) electrons. The number of benzene rings is 1. The normalized spacial score (nSPS) is 12.8. The Morgan fingerprint density at radius 2 is 2.06 bits per heavy atom. The Bertz CT molecular complexity index is 1360. The summed E-state index contributed by atoms with van der Waals surface area (Å²) in [7, 11) is -1.54. The van der Waals surface area contributed by atoms with Gasteiger partial charge in [-0.2, -0.15) is 0 Å². The molecule has 0 unspecified atom stereocenters. The van der Waals surface area contributed by atoms with E-state index in [0.717, 1.165) is 24.1 Å². The molecule has 0 saturated heterocycles. The zero-order chi connectivity index (χ0) is 22.9. The van der Waals surface area contributed by atoms with Crippen LogP contribution in [0.2, 0.25) is 0 Å². The number of hydrogen-bond acceptors (Lipinski definition) is 9. The second-order valence-electron chi connectivity index (χ2n) is 7.61. The van der Waals surface area contributed by atoms with Crippen molar-refractivity contribution in [3.05, 3.63) is 59.4 Å². The van der Waals surface area contributed by atoms with E-state index in [1.54, 1.807) is 36.4 Å². The smallest absolute Gasteiger partial charge is 0.488 e. The van der Waals surface area contributed by atoms with Crippen molar-refractivity contribution in [1.82, 2.24) is 24.8 Å². The molecule has 0 saturated carbocycles. The molecule has 0 bridgehead atoms. The van der Waals surface area contributed by atoms with Gasteiger partial charge in [0.2, 0.25) is 0 Å². The maximum atomic E-state index is 11.7. The lowest BCUT2D eigenvalue weighted by Gasteiger charge is -2.20. The predicted molar refractivity (Wildman–Crippen MR) is 120 cm³/mol. The van der Waals surface area contributed by atoms with Gasteiger partial charge in [0.05, 0.1) is 17.8 Å². The third kappa shape index (κ3) is 3.97. The number of nitrogens with two attached hydrogens (primary N) is 1. The highest BCUT2D eigenvalue weighted by molar-refractivity contribution is 6.58. The Hall–Kier alpha value is -4.03. The van der Waals surface area contributed by atoms with Crippen molar-refractivity contribution in [2.24, 2.45) is 5.73 Å². The lowest BCUT2D eigenvalue weighted by Crippen LogP contribution is -2.30. The predicted octanol–water partition coefficient (Wildman–Crippen LogP) is -0.0979. The van der Waals surface area contributed by atoms with Crippen LogP contribution in [0.1, 0.15) is 28.2 Å². The number of rotatable bonds is 6. The highest BCUT2D eigenvalue weighted by Crippen LogP contribution is 2.33. The number of primary amides is 1. The average molecular weight is 445 g/mol. The molecule has 0 aliphatic carbocycles. The molecule has 11 nitrogen and oxygen atoms in total. The maximum absolute atomic E-state index is 11.7. The van der Waals surface area contributed by atoms with E-state index in [9.17, 15) is 14.8 Å². The highest BCUT2D eigenvalue weighted by atomic mass is 16.5. The van der Waals surface area contributed by atoms with Crippen molar-refractivity contribution in [3.8, 4) is 17.3 Å². The minimum absolute atomic E-state index is 0.205. The Labute approximate surface area is 188 Å². The van der Waals surface area contributed by atoms with Crippen LogP contribution in [0.5, 0.6) is 5.75 Å². The number of anilines is 1. The summed E-state index contributed by atoms with van der Waals surface area (Å²) in [5.74, 6) is 0.807. The molecule has 5 rings (SSSR count). The molecule has 166 valence electrons. The molecule has 1 aliphatic heterocycles. The topological polar surface area (TPSA) is 161 Å². The summed E-state index contributed by atoms with van der Waals surface area (Å²) in [6.45, 7) is 0.939. The van der Waals surface area contributed by atoms with E-state index in [0.29, 0.717) is 47.2 Å². The van der Waals surface area contributed by atoms with Crippen LogP contribution in [0.4, 0.5) is 5.82 Å². The molecule has 12 heteroatoms. The fourth-order valence-electron chi connectivity index (χ4n) is 3.77. The third-order valence-corrected chi connectivity index (χ3v) is 5.35. The van der Waals surface area contributed by atoms with Crippen molar-refractivity contribution < 1.29 is 19.6 Å². The quantitative estimate of drug-likeness (QED) is 0.297. The van der Waals surface area contributed by atoms with Crippen LogP contribution >= 0.6 is 0 Å². The van der Waals surface area contributed by atoms with Gasteiger partial charge in [-0.05, 0) is 36.0 Å². The molecular weight excluding hydrogens is 425 g/mol. The Morgan fingerprint density at radius 3 is 2.88 bits per heavy atom. The van der Waals surface area contributed by atoms with E-state index >= 15 is 0 Å². The van der Waals surface area contributed by atoms with Crippen molar-refractivity contribution in [3.63, 3.8) is 0 Å². The second kappa shape index (κ2) is 8.49. The summed E-state index contributed by atoms with van der Waals surface area (Å²) in [5.41, 5.74) is 8.62. The summed E-state index contributed by atoms with van der Waals surface area (Å²) in [5, 5.41) is 30.4. The molecule has 1 aromatic carbocycles. The van der Waals surface area contributed by atoms with E-state index in [1.165, 1.54) is 4.52 Å². The number of fused-ring (bicyclic) bond motifs is 2. The second-order valence-corrected chi connectivity index (χ2v) is 7.61. The molecule has 3 aromatic heterocycles. The van der Waals surface area contributed by atoms with Crippen molar-refractivity contribution in [2.75, 3.05) is 11.9 Å². The molecule has 33 heavy (non-hydrogen) atoms. The number of aryl methyl sites for hydroxylation is 1. The standard InChI is InChI=1S/C21H20BN7O4/c23-19(30)16-8-2-7-15-17(27-28-29(15)16)20-25-14-6-3-9-33-18(14)21(26-20)24-11-12-4-1-5-13(10-12)22(31)32/h1-2,4-5,7-8,10,31-32H,3,6,9,11H2,(H2,23,30)(H,24,25,26). The SMILES string of the molecule is NC(=O)c1cccc2c(-c3nc4c(c(NCc5cccc(B(O)O)c5)n3)OCCC4)nnn12. The third-order valence-electron chi connectivity index (χ3n) is 5.35. The zero-order valence-corrected chi connectivity index (χ0v) is 17.5. The van der Waals surface area contributed by atoms with Gasteiger partial charge in [-0.15, -0.1) is 5.10 Å². The van der Waals surface area contributed by atoms with Crippen LogP contribution < -0.4 is 21.3 Å². The molecule has 0 spiro atoms. The monoisotopic (exact) mass is 445 g/mol. The number of nitrogens with one attached hydrogen (secondary N) is 1. The Balaban J connectivity index is 1.54. The van der Waals surface area contributed by atoms with E-state index in [1.807, 2.05) is 6.07 Å². The van der Waals surface area contributed by atoms with Gasteiger partial charge in [-0.1, -0.05) is 35.5 Å². The zero-order valence-electron chi connectivity index (χ0n) is 17.5. The Morgan fingerprint density at radius 1 is 1.21 bits per heavy atom. The number of aromatic nitrogens is 5. The minimum atomic E-state index is -1.54. The van der Waals surface area contributed by atoms with Crippen LogP contribution in [0.15, 0.2) is 42.5 Å². The molecule has 0 atom stereocenters. The molecular formula is C21H20BN7O4. The van der Waals surface area contributed by atoms with Gasteiger partial charge in [-0.25, -0.2) is 14.5 Å². The average Bonchev–Trinajstić information content (AvgIpc) is 3.26. The molecule has 4 aromatic rings. The first-order chi connectivity index (χ1) is 16.0. The molecule has 0 fully saturated rings. The lowest BCUT2D eigenvalue weighted by atomic mass is 9.80. The van der Waals surface area contributed by atoms with Crippen LogP contribution in [0, 0.1) is 0 Å². The number of pyridine rings is 1. The van der Waals surface area contributed by atoms with E-state index in [2.05, 4.69) is 25.6 Å². The molecule has 1 amide bonds. The summed E-state index contributed by atoms with van der Waals surface area (Å²) in [6.07, 6.45) is 1.55. The minimum Gasteiger partial charge on any atom is -0.488 e. The van der Waals surface area contributed by atoms with Gasteiger partial charge in [0.15, 0.2) is 23.1 Å². The number of hydrogen-bond donors (Lipinski definition) is 4. The number of nitrogens with zero attached hydrogens (tertiary/aromatic N) is 5. The van der Waals surface area contributed by atoms with Crippen molar-refractivity contribution >= 4 is 29.8 Å². The number of carbonyl (C=O) groups is 1. The fourth-order valence-corrected chi connectivity index (χ4v) is 3.77. The number of ether oxygens (including phenoxy) is 1. The van der Waals surface area contributed by atoms with Gasteiger partial charge < -0.3 is 25.8 Å². The maximum Gasteiger partial charge on any atom is 0.488 e. The fraction of sp³-hybridized carbons (Fsp3) is 0.190. The first-order valence-corrected chi connectivity index (χ1v) is 10.4. The Kier molecular flexibility index (Phi) is 5.36. The van der Waals surface area contributed by atoms with Crippen LogP contribution in [0.25, 0.3) is 17.0 Å². The van der Waals surface area contributed by atoms with Crippen molar-refractivity contribution in [1.29, 1.82) is 0 Å². The summed E-state index contributed by atoms with van der Waals surface area (Å²) >= 11 is 0. The first kappa shape index (κ1) is 20.9. The van der Waals surface area contributed by atoms with E-state index < -0.39 is 13.0 Å². The largest absolute Gasteiger partial charge is 0.488 e. The van der Waals surface area contributed by atoms with E-state index in [4.69, 9.17) is 10.5 Å². The number of amides is 1. The highest BCUT2D eigenvalue weighted by Gasteiger charge is 2.23. The summed E-state index contributed by atoms with van der Waals surface area (Å²) in [4.78, 5) is 21.0. The van der Waals surface area contributed by atoms with Gasteiger partial charge in [0.1, 0.15) is 5.69 Å². The molecule has 1 aliphatic rings. The molecule has 4 heterocycles. The van der Waals surface area contributed by atoms with Gasteiger partial charge in [0, 0.05) is 6.54 Å². The number of carbonyl (C=O) groups excluding carboxylic acids is 1. The molecule has 5 N–H and O–H groups in total. The summed E-state index contributed by atoms with van der Waals surface area (Å²) < 4.78 is 7.22. The summed E-state index contributed by atoms with van der Waals surface area (Å²) in [6, 6.07) is 12.0. The van der Waals surface area contributed by atoms with E-state index in [-0.39, 0.29) is 5.69 Å². The van der Waals surface area contributed by atoms with Crippen LogP contribution in [-0.2, 0) is 13.0 Å². The lowest BCUT2D eigenvalue weighted by molar-refractivity contribution is 0.0993.